The highest BCUT2D eigenvalue weighted by atomic mass is 32.2. The summed E-state index contributed by atoms with van der Waals surface area (Å²) in [5.41, 5.74) is 1.18. The summed E-state index contributed by atoms with van der Waals surface area (Å²) in [6.07, 6.45) is 0. The molecule has 2 N–H and O–H groups in total. The number of anilines is 1. The summed E-state index contributed by atoms with van der Waals surface area (Å²) in [5, 5.41) is 5.51. The number of carbonyl (C=O) groups excluding carboxylic acids is 2. The van der Waals surface area contributed by atoms with Gasteiger partial charge in [-0.1, -0.05) is 0 Å². The number of rotatable bonds is 6. The van der Waals surface area contributed by atoms with Crippen molar-refractivity contribution in [3.8, 4) is 11.5 Å². The second-order valence-corrected chi connectivity index (χ2v) is 7.12. The predicted molar refractivity (Wildman–Crippen MR) is 101 cm³/mol. The van der Waals surface area contributed by atoms with Crippen LogP contribution in [0.1, 0.15) is 17.3 Å². The average molecular weight is 372 g/mol. The van der Waals surface area contributed by atoms with Gasteiger partial charge in [-0.2, -0.15) is 0 Å². The Hall–Kier alpha value is -2.67. The molecule has 0 saturated heterocycles. The van der Waals surface area contributed by atoms with E-state index in [2.05, 4.69) is 10.6 Å². The monoisotopic (exact) mass is 372 g/mol. The number of hydrogen-bond acceptors (Lipinski definition) is 5. The van der Waals surface area contributed by atoms with Crippen LogP contribution in [-0.2, 0) is 4.79 Å². The average Bonchev–Trinajstić information content (AvgIpc) is 2.66. The van der Waals surface area contributed by atoms with Gasteiger partial charge in [-0.05, 0) is 49.4 Å². The molecule has 0 aromatic heterocycles. The highest BCUT2D eigenvalue weighted by Gasteiger charge is 2.23. The Bertz CT molecular complexity index is 808. The Balaban J connectivity index is 1.50. The molecule has 3 rings (SSSR count). The van der Waals surface area contributed by atoms with Crippen molar-refractivity contribution < 1.29 is 19.1 Å². The third-order valence-corrected chi connectivity index (χ3v) is 5.07. The minimum Gasteiger partial charge on any atom is -0.497 e. The van der Waals surface area contributed by atoms with Crippen LogP contribution in [0.15, 0.2) is 47.4 Å². The smallest absolute Gasteiger partial charge is 0.251 e. The lowest BCUT2D eigenvalue weighted by molar-refractivity contribution is -0.115. The summed E-state index contributed by atoms with van der Waals surface area (Å²) in [5.74, 6) is 1.22. The molecule has 2 aromatic rings. The minimum atomic E-state index is -0.205. The lowest BCUT2D eigenvalue weighted by atomic mass is 10.1. The van der Waals surface area contributed by atoms with Crippen LogP contribution in [0.4, 0.5) is 5.69 Å². The molecule has 0 bridgehead atoms. The molecule has 1 aliphatic rings. The van der Waals surface area contributed by atoms with Gasteiger partial charge in [0.15, 0.2) is 0 Å². The van der Waals surface area contributed by atoms with Gasteiger partial charge in [0, 0.05) is 10.5 Å². The summed E-state index contributed by atoms with van der Waals surface area (Å²) >= 11 is 1.49. The number of amides is 2. The van der Waals surface area contributed by atoms with Crippen LogP contribution < -0.4 is 20.1 Å². The molecule has 0 spiro atoms. The van der Waals surface area contributed by atoms with Gasteiger partial charge in [-0.15, -0.1) is 11.8 Å². The van der Waals surface area contributed by atoms with Crippen molar-refractivity contribution in [3.05, 3.63) is 48.0 Å². The zero-order valence-corrected chi connectivity index (χ0v) is 15.4. The third-order valence-electron chi connectivity index (χ3n) is 3.89. The van der Waals surface area contributed by atoms with E-state index in [-0.39, 0.29) is 17.1 Å². The Morgan fingerprint density at radius 3 is 2.65 bits per heavy atom. The lowest BCUT2D eigenvalue weighted by Crippen LogP contribution is -2.29. The summed E-state index contributed by atoms with van der Waals surface area (Å²) in [6, 6.07) is 12.6. The van der Waals surface area contributed by atoms with Gasteiger partial charge in [0.25, 0.3) is 5.91 Å². The summed E-state index contributed by atoms with van der Waals surface area (Å²) in [4.78, 5) is 25.0. The van der Waals surface area contributed by atoms with E-state index >= 15 is 0 Å². The molecule has 6 nitrogen and oxygen atoms in total. The minimum absolute atomic E-state index is 0.0482. The quantitative estimate of drug-likeness (QED) is 0.763. The summed E-state index contributed by atoms with van der Waals surface area (Å²) in [6.45, 7) is 2.58. The number of hydrogen-bond donors (Lipinski definition) is 2. The number of carbonyl (C=O) groups is 2. The zero-order chi connectivity index (χ0) is 18.5. The van der Waals surface area contributed by atoms with Gasteiger partial charge < -0.3 is 20.1 Å². The highest BCUT2D eigenvalue weighted by molar-refractivity contribution is 8.00. The van der Waals surface area contributed by atoms with E-state index < -0.39 is 0 Å². The molecule has 0 radical (unpaired) electrons. The van der Waals surface area contributed by atoms with E-state index in [1.54, 1.807) is 19.2 Å². The lowest BCUT2D eigenvalue weighted by Gasteiger charge is -2.21. The number of methoxy groups -OCH3 is 1. The van der Waals surface area contributed by atoms with Crippen molar-refractivity contribution in [2.75, 3.05) is 25.6 Å². The molecule has 2 aromatic carbocycles. The Labute approximate surface area is 156 Å². The molecule has 0 saturated carbocycles. The Morgan fingerprint density at radius 1 is 1.19 bits per heavy atom. The zero-order valence-electron chi connectivity index (χ0n) is 14.6. The SMILES string of the molecule is COc1ccc(OCCNC(=O)c2ccc3c(c2)NC(=O)[C@@H](C)S3)cc1. The Kier molecular flexibility index (Phi) is 5.68. The molecule has 2 amide bonds. The number of thioether (sulfide) groups is 1. The standard InChI is InChI=1S/C19H20N2O4S/c1-12-18(22)21-16-11-13(3-8-17(16)26-12)19(23)20-9-10-25-15-6-4-14(24-2)5-7-15/h3-8,11-12H,9-10H2,1-2H3,(H,20,23)(H,21,22)/t12-/m1/s1. The van der Waals surface area contributed by atoms with E-state index in [4.69, 9.17) is 9.47 Å². The topological polar surface area (TPSA) is 76.7 Å². The van der Waals surface area contributed by atoms with Crippen LogP contribution in [0, 0.1) is 0 Å². The van der Waals surface area contributed by atoms with Crippen LogP contribution >= 0.6 is 11.8 Å². The fourth-order valence-electron chi connectivity index (χ4n) is 2.46. The fourth-order valence-corrected chi connectivity index (χ4v) is 3.39. The maximum absolute atomic E-state index is 12.3. The first-order valence-electron chi connectivity index (χ1n) is 8.23. The number of fused-ring (bicyclic) bond motifs is 1. The van der Waals surface area contributed by atoms with Gasteiger partial charge in [-0.25, -0.2) is 0 Å². The normalized spacial score (nSPS) is 15.6. The van der Waals surface area contributed by atoms with E-state index in [9.17, 15) is 9.59 Å². The first-order chi connectivity index (χ1) is 12.6. The first-order valence-corrected chi connectivity index (χ1v) is 9.11. The largest absolute Gasteiger partial charge is 0.497 e. The Morgan fingerprint density at radius 2 is 1.92 bits per heavy atom. The fraction of sp³-hybridized carbons (Fsp3) is 0.263. The first kappa shape index (κ1) is 18.1. The molecule has 0 unspecified atom stereocenters. The van der Waals surface area contributed by atoms with E-state index in [0.717, 1.165) is 10.6 Å². The number of benzene rings is 2. The number of ether oxygens (including phenoxy) is 2. The molecule has 136 valence electrons. The van der Waals surface area contributed by atoms with Gasteiger partial charge in [-0.3, -0.25) is 9.59 Å². The van der Waals surface area contributed by atoms with Crippen molar-refractivity contribution in [1.29, 1.82) is 0 Å². The van der Waals surface area contributed by atoms with Crippen LogP contribution in [-0.4, -0.2) is 37.3 Å². The van der Waals surface area contributed by atoms with E-state index in [1.807, 2.05) is 37.3 Å². The molecule has 1 atom stereocenters. The van der Waals surface area contributed by atoms with Crippen LogP contribution in [0.5, 0.6) is 11.5 Å². The summed E-state index contributed by atoms with van der Waals surface area (Å²) < 4.78 is 10.7. The second-order valence-electron chi connectivity index (χ2n) is 5.74. The summed E-state index contributed by atoms with van der Waals surface area (Å²) in [7, 11) is 1.61. The van der Waals surface area contributed by atoms with Crippen molar-refractivity contribution >= 4 is 29.3 Å². The van der Waals surface area contributed by atoms with Crippen LogP contribution in [0.25, 0.3) is 0 Å². The van der Waals surface area contributed by atoms with Crippen molar-refractivity contribution in [1.82, 2.24) is 5.32 Å². The van der Waals surface area contributed by atoms with Crippen LogP contribution in [0.3, 0.4) is 0 Å². The molecular weight excluding hydrogens is 352 g/mol. The highest BCUT2D eigenvalue weighted by Crippen LogP contribution is 2.35. The van der Waals surface area contributed by atoms with E-state index in [1.165, 1.54) is 11.8 Å². The molecule has 7 heteroatoms. The molecule has 0 aliphatic carbocycles. The van der Waals surface area contributed by atoms with E-state index in [0.29, 0.717) is 30.2 Å². The third kappa shape index (κ3) is 4.29. The molecular formula is C19H20N2O4S. The number of nitrogens with one attached hydrogen (secondary N) is 2. The second kappa shape index (κ2) is 8.14. The van der Waals surface area contributed by atoms with Gasteiger partial charge in [0.05, 0.1) is 24.6 Å². The van der Waals surface area contributed by atoms with Crippen molar-refractivity contribution in [3.63, 3.8) is 0 Å². The predicted octanol–water partition coefficient (Wildman–Crippen LogP) is 2.94. The molecule has 0 fully saturated rings. The van der Waals surface area contributed by atoms with Crippen molar-refractivity contribution in [2.45, 2.75) is 17.1 Å². The molecule has 1 heterocycles. The van der Waals surface area contributed by atoms with Gasteiger partial charge in [0.1, 0.15) is 18.1 Å². The molecule has 26 heavy (non-hydrogen) atoms. The van der Waals surface area contributed by atoms with Gasteiger partial charge >= 0.3 is 0 Å². The molecule has 1 aliphatic heterocycles. The van der Waals surface area contributed by atoms with Crippen LogP contribution in [0.2, 0.25) is 0 Å². The maximum Gasteiger partial charge on any atom is 0.251 e. The van der Waals surface area contributed by atoms with Crippen molar-refractivity contribution in [2.24, 2.45) is 0 Å². The van der Waals surface area contributed by atoms with Gasteiger partial charge in [0.2, 0.25) is 5.91 Å². The maximum atomic E-state index is 12.3.